The van der Waals surface area contributed by atoms with Gasteiger partial charge in [-0.15, -0.1) is 0 Å². The molecule has 0 aliphatic heterocycles. The number of hydrogen-bond donors (Lipinski definition) is 0. The highest BCUT2D eigenvalue weighted by Crippen LogP contribution is 1.96. The smallest absolute Gasteiger partial charge is 0.0783 e. The summed E-state index contributed by atoms with van der Waals surface area (Å²) in [5, 5.41) is 0. The van der Waals surface area contributed by atoms with Crippen LogP contribution in [0.3, 0.4) is 0 Å². The summed E-state index contributed by atoms with van der Waals surface area (Å²) >= 11 is 0. The van der Waals surface area contributed by atoms with Gasteiger partial charge in [-0.2, -0.15) is 0 Å². The number of hydrogen-bond acceptors (Lipinski definition) is 8. The van der Waals surface area contributed by atoms with Crippen LogP contribution >= 0.6 is 0 Å². The molecular formula is C27H62O8. The van der Waals surface area contributed by atoms with Crippen molar-refractivity contribution in [1.82, 2.24) is 0 Å². The zero-order chi connectivity index (χ0) is 28.1. The predicted octanol–water partition coefficient (Wildman–Crippen LogP) is 5.40. The fourth-order valence-electron chi connectivity index (χ4n) is 1.99. The standard InChI is InChI=1S/3C7H16O2.C6H14O2/c1-6(2)9-5-7(3)8-4;1-6(2)9-7(3)5-8-4;1-4-8-5-6-9-7(2)3;1-6(2)8-5-4-7-3/h2*6-7H,5H2,1-4H3;7H,4-6H2,1-3H3;6H,4-5H2,1-3H3. The highest BCUT2D eigenvalue weighted by atomic mass is 16.5. The van der Waals surface area contributed by atoms with Gasteiger partial charge in [0.15, 0.2) is 0 Å². The Morgan fingerprint density at radius 3 is 1.31 bits per heavy atom. The van der Waals surface area contributed by atoms with Gasteiger partial charge in [0.1, 0.15) is 0 Å². The molecular weight excluding hydrogens is 452 g/mol. The lowest BCUT2D eigenvalue weighted by Gasteiger charge is -2.14. The SMILES string of the molecule is CCOCCOC(C)C.COC(C)COC(C)C.COCC(C)OC(C)C.COCCOC(C)C. The van der Waals surface area contributed by atoms with E-state index < -0.39 is 0 Å². The van der Waals surface area contributed by atoms with Gasteiger partial charge in [0.2, 0.25) is 0 Å². The third-order valence-electron chi connectivity index (χ3n) is 3.59. The minimum Gasteiger partial charge on any atom is -0.382 e. The summed E-state index contributed by atoms with van der Waals surface area (Å²) < 4.78 is 40.7. The Balaban J connectivity index is -0.000000183. The second kappa shape index (κ2) is 33.7. The van der Waals surface area contributed by atoms with Crippen molar-refractivity contribution in [1.29, 1.82) is 0 Å². The minimum absolute atomic E-state index is 0.215. The van der Waals surface area contributed by atoms with Crippen molar-refractivity contribution in [2.75, 3.05) is 67.6 Å². The molecule has 2 atom stereocenters. The molecule has 218 valence electrons. The van der Waals surface area contributed by atoms with Crippen molar-refractivity contribution in [2.24, 2.45) is 0 Å². The highest BCUT2D eigenvalue weighted by Gasteiger charge is 2.02. The fourth-order valence-corrected chi connectivity index (χ4v) is 1.99. The van der Waals surface area contributed by atoms with Crippen LogP contribution in [-0.4, -0.2) is 104 Å². The summed E-state index contributed by atoms with van der Waals surface area (Å²) in [7, 11) is 5.04. The van der Waals surface area contributed by atoms with Crippen molar-refractivity contribution >= 4 is 0 Å². The minimum atomic E-state index is 0.215. The van der Waals surface area contributed by atoms with E-state index in [2.05, 4.69) is 0 Å². The molecule has 0 heterocycles. The topological polar surface area (TPSA) is 73.8 Å². The molecule has 0 fully saturated rings. The molecule has 0 bridgehead atoms. The van der Waals surface area contributed by atoms with Gasteiger partial charge in [-0.3, -0.25) is 0 Å². The Morgan fingerprint density at radius 2 is 0.971 bits per heavy atom. The van der Waals surface area contributed by atoms with E-state index in [1.165, 1.54) is 0 Å². The molecule has 0 aliphatic rings. The first kappa shape index (κ1) is 41.8. The molecule has 2 unspecified atom stereocenters. The first-order valence-corrected chi connectivity index (χ1v) is 13.0. The van der Waals surface area contributed by atoms with Crippen LogP contribution in [0.1, 0.15) is 76.2 Å². The van der Waals surface area contributed by atoms with E-state index in [1.807, 2.05) is 76.2 Å². The van der Waals surface area contributed by atoms with Gasteiger partial charge >= 0.3 is 0 Å². The molecule has 0 spiro atoms. The summed E-state index contributed by atoms with van der Waals surface area (Å²) in [5.41, 5.74) is 0. The molecule has 0 aromatic carbocycles. The van der Waals surface area contributed by atoms with E-state index in [0.29, 0.717) is 64.1 Å². The van der Waals surface area contributed by atoms with Crippen LogP contribution < -0.4 is 0 Å². The first-order valence-electron chi connectivity index (χ1n) is 13.0. The van der Waals surface area contributed by atoms with E-state index in [9.17, 15) is 0 Å². The maximum atomic E-state index is 5.37. The average Bonchev–Trinajstić information content (AvgIpc) is 2.76. The normalized spacial score (nSPS) is 12.5. The van der Waals surface area contributed by atoms with E-state index in [1.54, 1.807) is 21.3 Å². The third-order valence-corrected chi connectivity index (χ3v) is 3.59. The molecule has 0 aromatic rings. The first-order chi connectivity index (χ1) is 16.4. The molecule has 0 saturated carbocycles. The lowest BCUT2D eigenvalue weighted by atomic mass is 10.4. The number of methoxy groups -OCH3 is 3. The Labute approximate surface area is 218 Å². The summed E-state index contributed by atoms with van der Waals surface area (Å²) in [4.78, 5) is 0. The molecule has 0 radical (unpaired) electrons. The van der Waals surface area contributed by atoms with Crippen molar-refractivity contribution in [2.45, 2.75) is 113 Å². The van der Waals surface area contributed by atoms with Crippen LogP contribution in [0.5, 0.6) is 0 Å². The molecule has 0 saturated heterocycles. The van der Waals surface area contributed by atoms with Gasteiger partial charge in [-0.05, 0) is 76.2 Å². The number of ether oxygens (including phenoxy) is 8. The molecule has 0 amide bonds. The molecule has 8 nitrogen and oxygen atoms in total. The van der Waals surface area contributed by atoms with Gasteiger partial charge in [0, 0.05) is 27.9 Å². The second-order valence-corrected chi connectivity index (χ2v) is 8.91. The molecule has 0 rings (SSSR count). The van der Waals surface area contributed by atoms with Crippen LogP contribution in [0.25, 0.3) is 0 Å². The Bertz CT molecular complexity index is 352. The average molecular weight is 515 g/mol. The molecule has 35 heavy (non-hydrogen) atoms. The zero-order valence-electron chi connectivity index (χ0n) is 25.7. The zero-order valence-corrected chi connectivity index (χ0v) is 25.7. The van der Waals surface area contributed by atoms with Crippen molar-refractivity contribution in [3.05, 3.63) is 0 Å². The predicted molar refractivity (Wildman–Crippen MR) is 146 cm³/mol. The molecule has 0 aromatic heterocycles. The third kappa shape index (κ3) is 55.5. The van der Waals surface area contributed by atoms with Crippen molar-refractivity contribution in [3.8, 4) is 0 Å². The monoisotopic (exact) mass is 514 g/mol. The van der Waals surface area contributed by atoms with Gasteiger partial charge < -0.3 is 37.9 Å². The van der Waals surface area contributed by atoms with E-state index >= 15 is 0 Å². The van der Waals surface area contributed by atoms with Crippen molar-refractivity contribution < 1.29 is 37.9 Å². The van der Waals surface area contributed by atoms with Crippen molar-refractivity contribution in [3.63, 3.8) is 0 Å². The second-order valence-electron chi connectivity index (χ2n) is 8.91. The number of rotatable bonds is 17. The van der Waals surface area contributed by atoms with Gasteiger partial charge in [0.25, 0.3) is 0 Å². The Hall–Kier alpha value is -0.320. The lowest BCUT2D eigenvalue weighted by molar-refractivity contribution is -0.0233. The van der Waals surface area contributed by atoms with Crippen LogP contribution in [0.4, 0.5) is 0 Å². The van der Waals surface area contributed by atoms with Crippen LogP contribution in [0.15, 0.2) is 0 Å². The largest absolute Gasteiger partial charge is 0.382 e. The van der Waals surface area contributed by atoms with Crippen LogP contribution in [0, 0.1) is 0 Å². The van der Waals surface area contributed by atoms with Crippen LogP contribution in [0.2, 0.25) is 0 Å². The van der Waals surface area contributed by atoms with E-state index in [-0.39, 0.29) is 12.2 Å². The highest BCUT2D eigenvalue weighted by molar-refractivity contribution is 4.48. The Morgan fingerprint density at radius 1 is 0.486 bits per heavy atom. The van der Waals surface area contributed by atoms with Gasteiger partial charge in [-0.25, -0.2) is 0 Å². The molecule has 0 aliphatic carbocycles. The summed E-state index contributed by atoms with van der Waals surface area (Å²) in [6.07, 6.45) is 1.69. The van der Waals surface area contributed by atoms with E-state index in [0.717, 1.165) is 6.61 Å². The molecule has 0 N–H and O–H groups in total. The van der Waals surface area contributed by atoms with E-state index in [4.69, 9.17) is 37.9 Å². The van der Waals surface area contributed by atoms with Gasteiger partial charge in [-0.1, -0.05) is 0 Å². The summed E-state index contributed by atoms with van der Waals surface area (Å²) in [6.45, 7) is 27.1. The van der Waals surface area contributed by atoms with Crippen LogP contribution in [-0.2, 0) is 37.9 Å². The summed E-state index contributed by atoms with van der Waals surface area (Å²) in [5.74, 6) is 0. The van der Waals surface area contributed by atoms with Gasteiger partial charge in [0.05, 0.1) is 76.3 Å². The quantitative estimate of drug-likeness (QED) is 0.239. The fraction of sp³-hybridized carbons (Fsp3) is 1.00. The maximum Gasteiger partial charge on any atom is 0.0783 e. The maximum absolute atomic E-state index is 5.37. The lowest BCUT2D eigenvalue weighted by Crippen LogP contribution is -2.18. The summed E-state index contributed by atoms with van der Waals surface area (Å²) in [6, 6.07) is 0. The Kier molecular flexibility index (Phi) is 40.2. The molecule has 8 heteroatoms.